The van der Waals surface area contributed by atoms with Crippen molar-refractivity contribution in [2.75, 3.05) is 13.7 Å². The highest BCUT2D eigenvalue weighted by molar-refractivity contribution is 7.89. The predicted molar refractivity (Wildman–Crippen MR) is 97.2 cm³/mol. The lowest BCUT2D eigenvalue weighted by Crippen LogP contribution is -2.36. The van der Waals surface area contributed by atoms with Crippen molar-refractivity contribution in [3.8, 4) is 0 Å². The van der Waals surface area contributed by atoms with Crippen molar-refractivity contribution in [3.63, 3.8) is 0 Å². The minimum absolute atomic E-state index is 0.0126. The number of hydrogen-bond acceptors (Lipinski definition) is 5. The van der Waals surface area contributed by atoms with Crippen molar-refractivity contribution in [2.24, 2.45) is 0 Å². The molecule has 8 heteroatoms. The van der Waals surface area contributed by atoms with Gasteiger partial charge in [0.25, 0.3) is 5.91 Å². The number of hydrogen-bond donors (Lipinski definition) is 1. The van der Waals surface area contributed by atoms with E-state index in [1.165, 1.54) is 35.6 Å². The molecule has 7 nitrogen and oxygen atoms in total. The minimum Gasteiger partial charge on any atom is -0.452 e. The SMILES string of the molecule is CC(C)N(C)S(=O)(=O)c1cccc(C(=O)OCC(=O)NC2CCCC2)c1. The first-order chi connectivity index (χ1) is 12.2. The van der Waals surface area contributed by atoms with Crippen molar-refractivity contribution in [3.05, 3.63) is 29.8 Å². The number of rotatable bonds is 7. The lowest BCUT2D eigenvalue weighted by atomic mass is 10.2. The van der Waals surface area contributed by atoms with E-state index in [1.807, 2.05) is 0 Å². The van der Waals surface area contributed by atoms with Crippen LogP contribution in [0.2, 0.25) is 0 Å². The standard InChI is InChI=1S/C18H26N2O5S/c1-13(2)20(3)26(23,24)16-10-6-7-14(11-16)18(22)25-12-17(21)19-15-8-4-5-9-15/h6-7,10-11,13,15H,4-5,8-9,12H2,1-3H3,(H,19,21). The molecule has 1 saturated carbocycles. The summed E-state index contributed by atoms with van der Waals surface area (Å²) >= 11 is 0. The van der Waals surface area contributed by atoms with E-state index in [0.717, 1.165) is 25.7 Å². The summed E-state index contributed by atoms with van der Waals surface area (Å²) in [4.78, 5) is 24.0. The number of carbonyl (C=O) groups is 2. The van der Waals surface area contributed by atoms with Crippen LogP contribution in [0.3, 0.4) is 0 Å². The lowest BCUT2D eigenvalue weighted by Gasteiger charge is -2.21. The van der Waals surface area contributed by atoms with E-state index in [0.29, 0.717) is 0 Å². The van der Waals surface area contributed by atoms with E-state index < -0.39 is 16.0 Å². The highest BCUT2D eigenvalue weighted by atomic mass is 32.2. The fourth-order valence-corrected chi connectivity index (χ4v) is 4.20. The zero-order chi connectivity index (χ0) is 19.3. The number of nitrogens with zero attached hydrogens (tertiary/aromatic N) is 1. The van der Waals surface area contributed by atoms with Crippen molar-refractivity contribution in [2.45, 2.75) is 56.5 Å². The van der Waals surface area contributed by atoms with Crippen LogP contribution in [-0.4, -0.2) is 50.3 Å². The number of carbonyl (C=O) groups excluding carboxylic acids is 2. The molecule has 1 aromatic carbocycles. The van der Waals surface area contributed by atoms with Crippen LogP contribution in [0.4, 0.5) is 0 Å². The molecule has 2 rings (SSSR count). The minimum atomic E-state index is -3.69. The molecule has 0 aromatic heterocycles. The van der Waals surface area contributed by atoms with Gasteiger partial charge in [-0.15, -0.1) is 0 Å². The Hall–Kier alpha value is -1.93. The van der Waals surface area contributed by atoms with Gasteiger partial charge in [-0.1, -0.05) is 18.9 Å². The number of esters is 1. The van der Waals surface area contributed by atoms with Gasteiger partial charge in [0.1, 0.15) is 0 Å². The smallest absolute Gasteiger partial charge is 0.338 e. The number of benzene rings is 1. The van der Waals surface area contributed by atoms with Crippen LogP contribution in [0.5, 0.6) is 0 Å². The quantitative estimate of drug-likeness (QED) is 0.728. The normalized spacial score (nSPS) is 15.4. The van der Waals surface area contributed by atoms with Crippen molar-refractivity contribution in [1.29, 1.82) is 0 Å². The third kappa shape index (κ3) is 5.04. The van der Waals surface area contributed by atoms with E-state index in [-0.39, 0.29) is 35.1 Å². The summed E-state index contributed by atoms with van der Waals surface area (Å²) in [5.41, 5.74) is 0.0943. The average Bonchev–Trinajstić information content (AvgIpc) is 3.11. The molecule has 0 heterocycles. The summed E-state index contributed by atoms with van der Waals surface area (Å²) in [5.74, 6) is -1.07. The Bertz CT molecular complexity index is 755. The van der Waals surface area contributed by atoms with Crippen molar-refractivity contribution >= 4 is 21.9 Å². The molecular formula is C18H26N2O5S. The van der Waals surface area contributed by atoms with E-state index in [9.17, 15) is 18.0 Å². The monoisotopic (exact) mass is 382 g/mol. The third-order valence-electron chi connectivity index (χ3n) is 4.53. The van der Waals surface area contributed by atoms with Gasteiger partial charge in [-0.2, -0.15) is 4.31 Å². The molecule has 0 bridgehead atoms. The van der Waals surface area contributed by atoms with E-state index in [2.05, 4.69) is 5.32 Å². The zero-order valence-corrected chi connectivity index (χ0v) is 16.2. The molecule has 0 unspecified atom stereocenters. The Kier molecular flexibility index (Phi) is 6.77. The van der Waals surface area contributed by atoms with Gasteiger partial charge < -0.3 is 10.1 Å². The Balaban J connectivity index is 2.00. The second-order valence-corrected chi connectivity index (χ2v) is 8.77. The molecule has 26 heavy (non-hydrogen) atoms. The van der Waals surface area contributed by atoms with Crippen molar-refractivity contribution in [1.82, 2.24) is 9.62 Å². The van der Waals surface area contributed by atoms with Crippen LogP contribution < -0.4 is 5.32 Å². The summed E-state index contributed by atoms with van der Waals surface area (Å²) in [7, 11) is -2.21. The lowest BCUT2D eigenvalue weighted by molar-refractivity contribution is -0.124. The largest absolute Gasteiger partial charge is 0.452 e. The summed E-state index contributed by atoms with van der Waals surface area (Å²) in [6.07, 6.45) is 4.08. The summed E-state index contributed by atoms with van der Waals surface area (Å²) in [6.45, 7) is 3.15. The van der Waals surface area contributed by atoms with Crippen LogP contribution in [0, 0.1) is 0 Å². The molecule has 0 aliphatic heterocycles. The highest BCUT2D eigenvalue weighted by Gasteiger charge is 2.24. The number of sulfonamides is 1. The molecule has 1 N–H and O–H groups in total. The molecule has 1 aliphatic rings. The van der Waals surface area contributed by atoms with Gasteiger partial charge in [0, 0.05) is 19.1 Å². The molecule has 144 valence electrons. The Labute approximate surface area is 154 Å². The van der Waals surface area contributed by atoms with E-state index in [4.69, 9.17) is 4.74 Å². The third-order valence-corrected chi connectivity index (χ3v) is 6.56. The van der Waals surface area contributed by atoms with Crippen LogP contribution in [0.25, 0.3) is 0 Å². The Morgan fingerprint density at radius 1 is 1.27 bits per heavy atom. The topological polar surface area (TPSA) is 92.8 Å². The maximum Gasteiger partial charge on any atom is 0.338 e. The molecule has 0 spiro atoms. The zero-order valence-electron chi connectivity index (χ0n) is 15.4. The number of amides is 1. The Morgan fingerprint density at radius 2 is 1.92 bits per heavy atom. The molecule has 1 fully saturated rings. The second kappa shape index (κ2) is 8.64. The molecule has 1 amide bonds. The van der Waals surface area contributed by atoms with Gasteiger partial charge in [-0.25, -0.2) is 13.2 Å². The molecule has 0 atom stereocenters. The Morgan fingerprint density at radius 3 is 2.54 bits per heavy atom. The van der Waals surface area contributed by atoms with Gasteiger partial charge >= 0.3 is 5.97 Å². The summed E-state index contributed by atoms with van der Waals surface area (Å²) < 4.78 is 31.3. The first kappa shape index (κ1) is 20.4. The van der Waals surface area contributed by atoms with Gasteiger partial charge in [-0.05, 0) is 44.9 Å². The number of nitrogens with one attached hydrogen (secondary N) is 1. The van der Waals surface area contributed by atoms with Crippen LogP contribution >= 0.6 is 0 Å². The predicted octanol–water partition coefficient (Wildman–Crippen LogP) is 1.93. The molecule has 0 radical (unpaired) electrons. The summed E-state index contributed by atoms with van der Waals surface area (Å²) in [5, 5.41) is 2.83. The van der Waals surface area contributed by atoms with E-state index in [1.54, 1.807) is 13.8 Å². The first-order valence-electron chi connectivity index (χ1n) is 8.76. The molecular weight excluding hydrogens is 356 g/mol. The van der Waals surface area contributed by atoms with Crippen molar-refractivity contribution < 1.29 is 22.7 Å². The summed E-state index contributed by atoms with van der Waals surface area (Å²) in [6, 6.07) is 5.58. The number of ether oxygens (including phenoxy) is 1. The molecule has 1 aromatic rings. The maximum absolute atomic E-state index is 12.5. The van der Waals surface area contributed by atoms with Crippen LogP contribution in [-0.2, 0) is 19.6 Å². The average molecular weight is 382 g/mol. The van der Waals surface area contributed by atoms with Gasteiger partial charge in [0.2, 0.25) is 10.0 Å². The second-order valence-electron chi connectivity index (χ2n) is 6.77. The van der Waals surface area contributed by atoms with Gasteiger partial charge in [0.15, 0.2) is 6.61 Å². The van der Waals surface area contributed by atoms with Gasteiger partial charge in [0.05, 0.1) is 10.5 Å². The molecule has 0 saturated heterocycles. The van der Waals surface area contributed by atoms with Crippen LogP contribution in [0.1, 0.15) is 49.9 Å². The maximum atomic E-state index is 12.5. The first-order valence-corrected chi connectivity index (χ1v) is 10.2. The fourth-order valence-electron chi connectivity index (χ4n) is 2.78. The fraction of sp³-hybridized carbons (Fsp3) is 0.556. The van der Waals surface area contributed by atoms with Gasteiger partial charge in [-0.3, -0.25) is 4.79 Å². The highest BCUT2D eigenvalue weighted by Crippen LogP contribution is 2.19. The van der Waals surface area contributed by atoms with E-state index >= 15 is 0 Å². The van der Waals surface area contributed by atoms with Crippen LogP contribution in [0.15, 0.2) is 29.2 Å². The molecule has 1 aliphatic carbocycles.